The molecule has 0 bridgehead atoms. The lowest BCUT2D eigenvalue weighted by molar-refractivity contribution is -0.118. The number of hydrogen-bond donors (Lipinski definition) is 0. The highest BCUT2D eigenvalue weighted by atomic mass is 32.1. The van der Waals surface area contributed by atoms with Gasteiger partial charge in [-0.1, -0.05) is 5.16 Å². The van der Waals surface area contributed by atoms with Crippen molar-refractivity contribution in [2.45, 2.75) is 32.7 Å². The largest absolute Gasteiger partial charge is 0.497 e. The molecule has 0 atom stereocenters. The van der Waals surface area contributed by atoms with Crippen LogP contribution in [0.2, 0.25) is 0 Å². The average Bonchev–Trinajstić information content (AvgIpc) is 3.47. The fourth-order valence-corrected chi connectivity index (χ4v) is 3.93. The van der Waals surface area contributed by atoms with Gasteiger partial charge < -0.3 is 14.2 Å². The predicted molar refractivity (Wildman–Crippen MR) is 124 cm³/mol. The van der Waals surface area contributed by atoms with Crippen LogP contribution in [-0.2, 0) is 17.8 Å². The molecule has 33 heavy (non-hydrogen) atoms. The molecular weight excluding hydrogens is 443 g/mol. The first-order valence-corrected chi connectivity index (χ1v) is 11.3. The van der Waals surface area contributed by atoms with E-state index in [0.29, 0.717) is 36.8 Å². The van der Waals surface area contributed by atoms with E-state index in [2.05, 4.69) is 15.1 Å². The molecule has 1 amide bonds. The maximum absolute atomic E-state index is 13.4. The topological polar surface area (TPSA) is 81.4 Å². The number of carbonyl (C=O) groups is 1. The fourth-order valence-electron chi connectivity index (χ4n) is 3.33. The van der Waals surface area contributed by atoms with E-state index in [1.54, 1.807) is 24.1 Å². The Bertz CT molecular complexity index is 1210. The van der Waals surface area contributed by atoms with E-state index in [-0.39, 0.29) is 18.1 Å². The summed E-state index contributed by atoms with van der Waals surface area (Å²) in [6.45, 7) is 2.25. The molecule has 4 aromatic rings. The van der Waals surface area contributed by atoms with E-state index in [4.69, 9.17) is 9.26 Å². The summed E-state index contributed by atoms with van der Waals surface area (Å²) in [4.78, 5) is 23.6. The first-order chi connectivity index (χ1) is 16.0. The number of hydrogen-bond acceptors (Lipinski definition) is 7. The summed E-state index contributed by atoms with van der Waals surface area (Å²) in [6, 6.07) is 13.3. The van der Waals surface area contributed by atoms with Gasteiger partial charge in [-0.2, -0.15) is 4.98 Å². The van der Waals surface area contributed by atoms with Gasteiger partial charge in [-0.3, -0.25) is 4.79 Å². The highest BCUT2D eigenvalue weighted by Gasteiger charge is 2.18. The molecule has 0 spiro atoms. The van der Waals surface area contributed by atoms with Gasteiger partial charge in [0.1, 0.15) is 11.6 Å². The summed E-state index contributed by atoms with van der Waals surface area (Å²) in [5.41, 5.74) is 2.26. The van der Waals surface area contributed by atoms with E-state index in [9.17, 15) is 9.18 Å². The lowest BCUT2D eigenvalue weighted by Crippen LogP contribution is -2.30. The van der Waals surface area contributed by atoms with Crippen LogP contribution in [0.25, 0.3) is 11.4 Å². The second-order valence-corrected chi connectivity index (χ2v) is 8.47. The van der Waals surface area contributed by atoms with Crippen LogP contribution >= 0.6 is 11.3 Å². The molecule has 0 unspecified atom stereocenters. The molecule has 0 aliphatic carbocycles. The lowest BCUT2D eigenvalue weighted by atomic mass is 10.2. The molecule has 0 aliphatic rings. The second-order valence-electron chi connectivity index (χ2n) is 7.41. The monoisotopic (exact) mass is 466 g/mol. The molecule has 0 fully saturated rings. The Labute approximate surface area is 194 Å². The number of methoxy groups -OCH3 is 1. The summed E-state index contributed by atoms with van der Waals surface area (Å²) in [5, 5.41) is 6.88. The van der Waals surface area contributed by atoms with E-state index >= 15 is 0 Å². The standard InChI is InChI=1S/C24H23FN4O3S/c1-16-26-19(15-33-16)14-29(20-10-8-18(25)9-11-20)23(30)5-3-4-22-27-24(28-32-22)17-6-12-21(31-2)13-7-17/h6-13,15H,3-5,14H2,1-2H3. The van der Waals surface area contributed by atoms with Gasteiger partial charge in [0, 0.05) is 29.5 Å². The number of benzene rings is 2. The Morgan fingerprint density at radius 3 is 2.55 bits per heavy atom. The number of ether oxygens (including phenoxy) is 1. The Morgan fingerprint density at radius 1 is 1.12 bits per heavy atom. The molecule has 4 rings (SSSR count). The number of carbonyl (C=O) groups excluding carboxylic acids is 1. The third-order valence-electron chi connectivity index (χ3n) is 5.02. The van der Waals surface area contributed by atoms with Crippen molar-refractivity contribution in [1.29, 1.82) is 0 Å². The molecule has 2 aromatic carbocycles. The van der Waals surface area contributed by atoms with Crippen molar-refractivity contribution < 1.29 is 18.4 Å². The van der Waals surface area contributed by atoms with Crippen molar-refractivity contribution in [1.82, 2.24) is 15.1 Å². The second kappa shape index (κ2) is 10.4. The molecule has 0 saturated carbocycles. The van der Waals surface area contributed by atoms with Crippen molar-refractivity contribution in [3.8, 4) is 17.1 Å². The number of amides is 1. The summed E-state index contributed by atoms with van der Waals surface area (Å²) in [6.07, 6.45) is 1.29. The van der Waals surface area contributed by atoms with Crippen LogP contribution in [0.4, 0.5) is 10.1 Å². The zero-order chi connectivity index (χ0) is 23.2. The highest BCUT2D eigenvalue weighted by Crippen LogP contribution is 2.22. The Balaban J connectivity index is 1.39. The van der Waals surface area contributed by atoms with Crippen LogP contribution in [0.3, 0.4) is 0 Å². The number of anilines is 1. The van der Waals surface area contributed by atoms with Gasteiger partial charge in [0.25, 0.3) is 0 Å². The average molecular weight is 467 g/mol. The Morgan fingerprint density at radius 2 is 1.88 bits per heavy atom. The minimum atomic E-state index is -0.347. The van der Waals surface area contributed by atoms with Crippen LogP contribution in [0.1, 0.15) is 29.4 Å². The van der Waals surface area contributed by atoms with Crippen molar-refractivity contribution >= 4 is 22.9 Å². The predicted octanol–water partition coefficient (Wildman–Crippen LogP) is 5.21. The van der Waals surface area contributed by atoms with Crippen molar-refractivity contribution in [2.75, 3.05) is 12.0 Å². The molecule has 7 nitrogen and oxygen atoms in total. The Kier molecular flexibility index (Phi) is 7.09. The molecule has 0 aliphatic heterocycles. The van der Waals surface area contributed by atoms with Gasteiger partial charge in [0.15, 0.2) is 0 Å². The maximum atomic E-state index is 13.4. The first-order valence-electron chi connectivity index (χ1n) is 10.5. The van der Waals surface area contributed by atoms with Crippen LogP contribution in [0.15, 0.2) is 58.4 Å². The molecular formula is C24H23FN4O3S. The third kappa shape index (κ3) is 5.81. The van der Waals surface area contributed by atoms with E-state index in [1.807, 2.05) is 36.6 Å². The number of aryl methyl sites for hydroxylation is 2. The normalized spacial score (nSPS) is 10.9. The van der Waals surface area contributed by atoms with Gasteiger partial charge in [-0.25, -0.2) is 9.37 Å². The molecule has 2 aromatic heterocycles. The van der Waals surface area contributed by atoms with E-state index in [1.165, 1.54) is 23.5 Å². The van der Waals surface area contributed by atoms with Gasteiger partial charge >= 0.3 is 0 Å². The zero-order valence-corrected chi connectivity index (χ0v) is 19.1. The minimum absolute atomic E-state index is 0.0813. The summed E-state index contributed by atoms with van der Waals surface area (Å²) >= 11 is 1.53. The van der Waals surface area contributed by atoms with Gasteiger partial charge in [0.05, 0.1) is 24.4 Å². The first kappa shape index (κ1) is 22.6. The number of thiazole rings is 1. The van der Waals surface area contributed by atoms with E-state index < -0.39 is 0 Å². The number of aromatic nitrogens is 3. The quantitative estimate of drug-likeness (QED) is 0.337. The number of nitrogens with zero attached hydrogens (tertiary/aromatic N) is 4. The Hall–Kier alpha value is -3.59. The lowest BCUT2D eigenvalue weighted by Gasteiger charge is -2.22. The van der Waals surface area contributed by atoms with Crippen molar-refractivity contribution in [3.63, 3.8) is 0 Å². The molecule has 0 radical (unpaired) electrons. The SMILES string of the molecule is COc1ccc(-c2noc(CCCC(=O)N(Cc3csc(C)n3)c3ccc(F)cc3)n2)cc1. The summed E-state index contributed by atoms with van der Waals surface area (Å²) in [5.74, 6) is 1.28. The highest BCUT2D eigenvalue weighted by molar-refractivity contribution is 7.09. The van der Waals surface area contributed by atoms with Gasteiger partial charge in [0.2, 0.25) is 17.6 Å². The molecule has 9 heteroatoms. The molecule has 2 heterocycles. The zero-order valence-electron chi connectivity index (χ0n) is 18.3. The maximum Gasteiger partial charge on any atom is 0.227 e. The van der Waals surface area contributed by atoms with Gasteiger partial charge in [-0.15, -0.1) is 11.3 Å². The molecule has 0 N–H and O–H groups in total. The summed E-state index contributed by atoms with van der Waals surface area (Å²) < 4.78 is 23.9. The number of rotatable bonds is 9. The fraction of sp³-hybridized carbons (Fsp3) is 0.250. The number of halogens is 1. The van der Waals surface area contributed by atoms with Crippen LogP contribution < -0.4 is 9.64 Å². The molecule has 0 saturated heterocycles. The van der Waals surface area contributed by atoms with E-state index in [0.717, 1.165) is 22.0 Å². The van der Waals surface area contributed by atoms with Crippen LogP contribution in [0, 0.1) is 12.7 Å². The molecule has 170 valence electrons. The van der Waals surface area contributed by atoms with Crippen LogP contribution in [0.5, 0.6) is 5.75 Å². The van der Waals surface area contributed by atoms with Crippen molar-refractivity contribution in [3.05, 3.63) is 76.3 Å². The van der Waals surface area contributed by atoms with Crippen molar-refractivity contribution in [2.24, 2.45) is 0 Å². The third-order valence-corrected chi connectivity index (χ3v) is 5.85. The van der Waals surface area contributed by atoms with Gasteiger partial charge in [-0.05, 0) is 61.9 Å². The smallest absolute Gasteiger partial charge is 0.227 e. The minimum Gasteiger partial charge on any atom is -0.497 e. The van der Waals surface area contributed by atoms with Crippen LogP contribution in [-0.4, -0.2) is 28.1 Å². The summed E-state index contributed by atoms with van der Waals surface area (Å²) in [7, 11) is 1.61.